The number of carbonyl (C=O) groups excluding carboxylic acids is 3. The van der Waals surface area contributed by atoms with Crippen molar-refractivity contribution in [3.8, 4) is 0 Å². The number of likely N-dealkylation sites (N-methyl/N-ethyl adjacent to an activating group) is 1. The van der Waals surface area contributed by atoms with Gasteiger partial charge in [0.1, 0.15) is 11.2 Å². The molecule has 1 aliphatic rings. The Hall–Kier alpha value is -2.41. The maximum atomic E-state index is 11.8. The van der Waals surface area contributed by atoms with Crippen LogP contribution in [0.15, 0.2) is 30.3 Å². The van der Waals surface area contributed by atoms with E-state index in [1.807, 2.05) is 37.4 Å². The van der Waals surface area contributed by atoms with Crippen molar-refractivity contribution in [1.82, 2.24) is 4.90 Å². The highest BCUT2D eigenvalue weighted by Gasteiger charge is 2.28. The maximum absolute atomic E-state index is 11.8. The predicted octanol–water partition coefficient (Wildman–Crippen LogP) is 4.90. The summed E-state index contributed by atoms with van der Waals surface area (Å²) >= 11 is 0. The molecule has 7 nitrogen and oxygen atoms in total. The first-order valence-corrected chi connectivity index (χ1v) is 9.70. The van der Waals surface area contributed by atoms with Gasteiger partial charge in [-0.25, -0.2) is 9.59 Å². The summed E-state index contributed by atoms with van der Waals surface area (Å²) in [6.45, 7) is 11.0. The molecule has 1 fully saturated rings. The van der Waals surface area contributed by atoms with Gasteiger partial charge in [0.15, 0.2) is 5.78 Å². The van der Waals surface area contributed by atoms with Crippen molar-refractivity contribution >= 4 is 18.1 Å². The number of carbonyl (C=O) groups is 3. The van der Waals surface area contributed by atoms with Crippen LogP contribution in [-0.4, -0.2) is 47.8 Å². The molecule has 162 valence electrons. The molecule has 7 heteroatoms. The van der Waals surface area contributed by atoms with Gasteiger partial charge in [0.25, 0.3) is 0 Å². The first-order chi connectivity index (χ1) is 13.3. The lowest BCUT2D eigenvalue weighted by molar-refractivity contribution is -0.126. The number of piperidine rings is 1. The molecule has 29 heavy (non-hydrogen) atoms. The molecule has 1 saturated heterocycles. The van der Waals surface area contributed by atoms with Gasteiger partial charge < -0.3 is 14.2 Å². The largest absolute Gasteiger partial charge is 0.519 e. The van der Waals surface area contributed by atoms with Crippen molar-refractivity contribution in [2.75, 3.05) is 13.6 Å². The zero-order valence-corrected chi connectivity index (χ0v) is 18.5. The number of hydrogen-bond acceptors (Lipinski definition) is 7. The fourth-order valence-corrected chi connectivity index (χ4v) is 2.70. The number of benzene rings is 1. The van der Waals surface area contributed by atoms with E-state index >= 15 is 0 Å². The molecule has 1 aliphatic heterocycles. The van der Waals surface area contributed by atoms with Crippen LogP contribution in [0.2, 0.25) is 0 Å². The van der Waals surface area contributed by atoms with Crippen LogP contribution in [0.1, 0.15) is 66.0 Å². The second-order valence-corrected chi connectivity index (χ2v) is 8.89. The molecule has 0 aliphatic carbocycles. The highest BCUT2D eigenvalue weighted by atomic mass is 16.8. The lowest BCUT2D eigenvalue weighted by Crippen LogP contribution is -2.36. The molecule has 1 aromatic rings. The van der Waals surface area contributed by atoms with Gasteiger partial charge in [-0.3, -0.25) is 9.69 Å². The molecule has 1 atom stereocenters. The molecule has 1 unspecified atom stereocenters. The van der Waals surface area contributed by atoms with Gasteiger partial charge in [-0.05, 0) is 67.1 Å². The number of Topliss-reactive ketones (excluding diaryl/α,β-unsaturated/α-hetero) is 1. The van der Waals surface area contributed by atoms with Crippen LogP contribution in [0.4, 0.5) is 9.59 Å². The van der Waals surface area contributed by atoms with Crippen molar-refractivity contribution in [3.05, 3.63) is 35.9 Å². The quantitative estimate of drug-likeness (QED) is 0.484. The molecule has 0 spiro atoms. The van der Waals surface area contributed by atoms with E-state index < -0.39 is 23.5 Å². The standard InChI is InChI=1S/C12H15NO.C10H18O5/c1-13-9-5-8-11(14)12(13)10-6-3-2-4-7-10;1-9(2,3)14-7(11)13-8(12)15-10(4,5)6/h2-4,6-7,12H,5,8-9H2,1H3;1-6H3. The summed E-state index contributed by atoms with van der Waals surface area (Å²) < 4.78 is 13.8. The lowest BCUT2D eigenvalue weighted by atomic mass is 9.95. The van der Waals surface area contributed by atoms with E-state index in [0.29, 0.717) is 5.78 Å². The Kier molecular flexibility index (Phi) is 8.82. The molecule has 0 N–H and O–H groups in total. The van der Waals surface area contributed by atoms with E-state index in [-0.39, 0.29) is 6.04 Å². The Labute approximate surface area is 173 Å². The van der Waals surface area contributed by atoms with Crippen molar-refractivity contribution in [2.24, 2.45) is 0 Å². The van der Waals surface area contributed by atoms with Gasteiger partial charge in [-0.15, -0.1) is 0 Å². The summed E-state index contributed by atoms with van der Waals surface area (Å²) in [4.78, 5) is 35.9. The van der Waals surface area contributed by atoms with Crippen LogP contribution in [0.25, 0.3) is 0 Å². The lowest BCUT2D eigenvalue weighted by Gasteiger charge is -2.31. The highest BCUT2D eigenvalue weighted by Crippen LogP contribution is 2.26. The fraction of sp³-hybridized carbons (Fsp3) is 0.591. The first-order valence-electron chi connectivity index (χ1n) is 9.70. The van der Waals surface area contributed by atoms with Crippen LogP contribution in [0.3, 0.4) is 0 Å². The van der Waals surface area contributed by atoms with E-state index in [0.717, 1.165) is 24.9 Å². The molecular weight excluding hydrogens is 374 g/mol. The van der Waals surface area contributed by atoms with Crippen molar-refractivity contribution in [1.29, 1.82) is 0 Å². The minimum atomic E-state index is -1.06. The Morgan fingerprint density at radius 1 is 0.931 bits per heavy atom. The average Bonchev–Trinajstić information content (AvgIpc) is 2.52. The molecule has 0 radical (unpaired) electrons. The average molecular weight is 408 g/mol. The topological polar surface area (TPSA) is 82.1 Å². The number of nitrogens with zero attached hydrogens (tertiary/aromatic N) is 1. The summed E-state index contributed by atoms with van der Waals surface area (Å²) in [6.07, 6.45) is -0.392. The normalized spacial score (nSPS) is 17.6. The van der Waals surface area contributed by atoms with Gasteiger partial charge >= 0.3 is 12.3 Å². The maximum Gasteiger partial charge on any atom is 0.519 e. The Bertz CT molecular complexity index is 661. The molecule has 0 aromatic heterocycles. The molecule has 0 bridgehead atoms. The summed E-state index contributed by atoms with van der Waals surface area (Å²) in [5, 5.41) is 0. The Morgan fingerprint density at radius 3 is 1.83 bits per heavy atom. The van der Waals surface area contributed by atoms with Crippen LogP contribution < -0.4 is 0 Å². The third kappa shape index (κ3) is 10.1. The first kappa shape index (κ1) is 24.6. The van der Waals surface area contributed by atoms with Crippen molar-refractivity contribution < 1.29 is 28.6 Å². The second-order valence-electron chi connectivity index (χ2n) is 8.89. The summed E-state index contributed by atoms with van der Waals surface area (Å²) in [7, 11) is 2.02. The highest BCUT2D eigenvalue weighted by molar-refractivity contribution is 5.85. The Balaban J connectivity index is 0.000000290. The van der Waals surface area contributed by atoms with E-state index in [9.17, 15) is 14.4 Å². The third-order valence-electron chi connectivity index (χ3n) is 3.74. The van der Waals surface area contributed by atoms with Gasteiger partial charge in [-0.1, -0.05) is 30.3 Å². The molecule has 2 rings (SSSR count). The van der Waals surface area contributed by atoms with Crippen LogP contribution in [0.5, 0.6) is 0 Å². The van der Waals surface area contributed by atoms with Crippen LogP contribution >= 0.6 is 0 Å². The van der Waals surface area contributed by atoms with Crippen LogP contribution in [-0.2, 0) is 19.0 Å². The number of ether oxygens (including phenoxy) is 3. The second kappa shape index (κ2) is 10.4. The summed E-state index contributed by atoms with van der Waals surface area (Å²) in [5.74, 6) is 0.352. The molecule has 0 saturated carbocycles. The van der Waals surface area contributed by atoms with Gasteiger partial charge in [0.2, 0.25) is 0 Å². The van der Waals surface area contributed by atoms with E-state index in [1.54, 1.807) is 41.5 Å². The van der Waals surface area contributed by atoms with Crippen molar-refractivity contribution in [2.45, 2.75) is 71.6 Å². The summed E-state index contributed by atoms with van der Waals surface area (Å²) in [6, 6.07) is 10.0. The van der Waals surface area contributed by atoms with Crippen LogP contribution in [0, 0.1) is 0 Å². The predicted molar refractivity (Wildman–Crippen MR) is 110 cm³/mol. The molecule has 0 amide bonds. The zero-order valence-electron chi connectivity index (χ0n) is 18.5. The fourth-order valence-electron chi connectivity index (χ4n) is 2.70. The molecule has 1 aromatic carbocycles. The summed E-state index contributed by atoms with van der Waals surface area (Å²) in [5.41, 5.74) is -0.266. The molecular formula is C22H33NO6. The number of ketones is 1. The van der Waals surface area contributed by atoms with Gasteiger partial charge in [0, 0.05) is 6.42 Å². The number of likely N-dealkylation sites (tertiary alicyclic amines) is 1. The minimum Gasteiger partial charge on any atom is -0.428 e. The van der Waals surface area contributed by atoms with E-state index in [1.165, 1.54) is 0 Å². The Morgan fingerprint density at radius 2 is 1.41 bits per heavy atom. The van der Waals surface area contributed by atoms with Crippen molar-refractivity contribution in [3.63, 3.8) is 0 Å². The zero-order chi connectivity index (χ0) is 22.2. The van der Waals surface area contributed by atoms with Gasteiger partial charge in [-0.2, -0.15) is 0 Å². The number of rotatable bonds is 1. The van der Waals surface area contributed by atoms with E-state index in [4.69, 9.17) is 9.47 Å². The minimum absolute atomic E-state index is 0.00931. The van der Waals surface area contributed by atoms with Gasteiger partial charge in [0.05, 0.1) is 6.04 Å². The monoisotopic (exact) mass is 407 g/mol. The number of hydrogen-bond donors (Lipinski definition) is 0. The smallest absolute Gasteiger partial charge is 0.428 e. The third-order valence-corrected chi connectivity index (χ3v) is 3.74. The SMILES string of the molecule is CC(C)(C)OC(=O)OC(=O)OC(C)(C)C.CN1CCCC(=O)C1c1ccccc1. The van der Waals surface area contributed by atoms with E-state index in [2.05, 4.69) is 9.64 Å². The molecule has 1 heterocycles.